The summed E-state index contributed by atoms with van der Waals surface area (Å²) in [5.74, 6) is 1.65. The maximum Gasteiger partial charge on any atom is 0.0962 e. The molecule has 0 saturated heterocycles. The predicted molar refractivity (Wildman–Crippen MR) is 58.0 cm³/mol. The lowest BCUT2D eigenvalue weighted by atomic mass is 10.4. The number of pyridine rings is 1. The molecule has 0 atom stereocenters. The quantitative estimate of drug-likeness (QED) is 0.453. The van der Waals surface area contributed by atoms with Crippen LogP contribution in [0.25, 0.3) is 0 Å². The van der Waals surface area contributed by atoms with E-state index in [0.717, 1.165) is 22.1 Å². The summed E-state index contributed by atoms with van der Waals surface area (Å²) in [4.78, 5) is 4.18. The molecule has 0 amide bonds. The van der Waals surface area contributed by atoms with Crippen molar-refractivity contribution in [2.75, 3.05) is 11.5 Å². The second kappa shape index (κ2) is 5.27. The van der Waals surface area contributed by atoms with E-state index in [-0.39, 0.29) is 0 Å². The van der Waals surface area contributed by atoms with Gasteiger partial charge in [0.15, 0.2) is 0 Å². The van der Waals surface area contributed by atoms with Gasteiger partial charge in [0.05, 0.1) is 5.03 Å². The van der Waals surface area contributed by atoms with E-state index in [1.165, 1.54) is 0 Å². The molecular weight excluding hydrogens is 186 g/mol. The van der Waals surface area contributed by atoms with Crippen molar-refractivity contribution in [3.8, 4) is 0 Å². The lowest BCUT2D eigenvalue weighted by Gasteiger charge is -2.00. The second-order valence-electron chi connectivity index (χ2n) is 2.36. The molecule has 1 aromatic heterocycles. The van der Waals surface area contributed by atoms with Gasteiger partial charge in [-0.2, -0.15) is 12.6 Å². The molecule has 3 heteroatoms. The van der Waals surface area contributed by atoms with Crippen molar-refractivity contribution in [3.63, 3.8) is 0 Å². The molecule has 0 aliphatic carbocycles. The van der Waals surface area contributed by atoms with Gasteiger partial charge in [0, 0.05) is 17.7 Å². The van der Waals surface area contributed by atoms with Crippen LogP contribution < -0.4 is 0 Å². The Bertz CT molecular complexity index is 246. The van der Waals surface area contributed by atoms with Crippen LogP contribution in [-0.4, -0.2) is 16.5 Å². The van der Waals surface area contributed by atoms with Gasteiger partial charge in [0.1, 0.15) is 0 Å². The molecule has 0 unspecified atom stereocenters. The molecule has 0 N–H and O–H groups in total. The zero-order valence-electron chi connectivity index (χ0n) is 6.73. The Kier molecular flexibility index (Phi) is 4.25. The molecule has 0 aliphatic rings. The molecule has 0 bridgehead atoms. The van der Waals surface area contributed by atoms with Crippen molar-refractivity contribution in [1.82, 2.24) is 4.98 Å². The van der Waals surface area contributed by atoms with E-state index in [2.05, 4.69) is 24.2 Å². The predicted octanol–water partition coefficient (Wildman–Crippen LogP) is 2.66. The summed E-state index contributed by atoms with van der Waals surface area (Å²) in [7, 11) is 0. The molecule has 1 nitrogen and oxygen atoms in total. The van der Waals surface area contributed by atoms with Gasteiger partial charge in [-0.15, -0.1) is 11.8 Å². The van der Waals surface area contributed by atoms with Gasteiger partial charge in [-0.3, -0.25) is 0 Å². The van der Waals surface area contributed by atoms with E-state index in [9.17, 15) is 0 Å². The summed E-state index contributed by atoms with van der Waals surface area (Å²) in [5, 5.41) is 1.04. The number of aromatic nitrogens is 1. The zero-order chi connectivity index (χ0) is 8.81. The Morgan fingerprint density at radius 1 is 1.58 bits per heavy atom. The Morgan fingerprint density at radius 2 is 2.42 bits per heavy atom. The third kappa shape index (κ3) is 3.32. The highest BCUT2D eigenvalue weighted by Crippen LogP contribution is 2.16. The lowest BCUT2D eigenvalue weighted by Crippen LogP contribution is -1.87. The molecule has 0 aromatic carbocycles. The van der Waals surface area contributed by atoms with Crippen molar-refractivity contribution in [2.24, 2.45) is 0 Å². The first-order chi connectivity index (χ1) is 5.83. The lowest BCUT2D eigenvalue weighted by molar-refractivity contribution is 1.13. The molecule has 0 spiro atoms. The number of rotatable bonds is 4. The SMILES string of the molecule is C=C(CS)CSc1ccccn1. The maximum absolute atomic E-state index is 4.18. The van der Waals surface area contributed by atoms with E-state index in [0.29, 0.717) is 0 Å². The van der Waals surface area contributed by atoms with Crippen LogP contribution in [0, 0.1) is 0 Å². The summed E-state index contributed by atoms with van der Waals surface area (Å²) < 4.78 is 0. The first kappa shape index (κ1) is 9.68. The fraction of sp³-hybridized carbons (Fsp3) is 0.222. The van der Waals surface area contributed by atoms with E-state index in [1.54, 1.807) is 18.0 Å². The van der Waals surface area contributed by atoms with Crippen LogP contribution in [0.4, 0.5) is 0 Å². The first-order valence-corrected chi connectivity index (χ1v) is 5.26. The Balaban J connectivity index is 2.38. The van der Waals surface area contributed by atoms with Crippen LogP contribution >= 0.6 is 24.4 Å². The van der Waals surface area contributed by atoms with Crippen LogP contribution in [0.2, 0.25) is 0 Å². The minimum absolute atomic E-state index is 0.750. The maximum atomic E-state index is 4.18. The van der Waals surface area contributed by atoms with Crippen LogP contribution in [0.1, 0.15) is 0 Å². The van der Waals surface area contributed by atoms with Crippen molar-refractivity contribution in [3.05, 3.63) is 36.5 Å². The number of thiol groups is 1. The zero-order valence-corrected chi connectivity index (χ0v) is 8.44. The molecule has 1 aromatic rings. The Morgan fingerprint density at radius 3 is 3.00 bits per heavy atom. The topological polar surface area (TPSA) is 12.9 Å². The van der Waals surface area contributed by atoms with Crippen LogP contribution in [0.3, 0.4) is 0 Å². The largest absolute Gasteiger partial charge is 0.250 e. The highest BCUT2D eigenvalue weighted by molar-refractivity contribution is 7.99. The molecule has 0 fully saturated rings. The molecule has 0 aliphatic heterocycles. The Hall–Kier alpha value is -0.410. The summed E-state index contributed by atoms with van der Waals surface area (Å²) in [6.45, 7) is 3.86. The summed E-state index contributed by atoms with van der Waals surface area (Å²) >= 11 is 5.82. The molecular formula is C9H11NS2. The van der Waals surface area contributed by atoms with Gasteiger partial charge in [0.25, 0.3) is 0 Å². The normalized spacial score (nSPS) is 9.75. The van der Waals surface area contributed by atoms with Gasteiger partial charge in [-0.1, -0.05) is 18.2 Å². The Labute approximate surface area is 82.7 Å². The highest BCUT2D eigenvalue weighted by Gasteiger charge is 1.95. The van der Waals surface area contributed by atoms with Gasteiger partial charge >= 0.3 is 0 Å². The fourth-order valence-corrected chi connectivity index (χ4v) is 1.68. The third-order valence-corrected chi connectivity index (χ3v) is 2.82. The number of hydrogen-bond donors (Lipinski definition) is 1. The van der Waals surface area contributed by atoms with E-state index >= 15 is 0 Å². The van der Waals surface area contributed by atoms with Crippen molar-refractivity contribution >= 4 is 24.4 Å². The van der Waals surface area contributed by atoms with E-state index in [4.69, 9.17) is 0 Å². The van der Waals surface area contributed by atoms with E-state index in [1.807, 2.05) is 18.2 Å². The van der Waals surface area contributed by atoms with Crippen molar-refractivity contribution in [1.29, 1.82) is 0 Å². The van der Waals surface area contributed by atoms with Crippen LogP contribution in [0.5, 0.6) is 0 Å². The molecule has 1 heterocycles. The van der Waals surface area contributed by atoms with Gasteiger partial charge in [0.2, 0.25) is 0 Å². The summed E-state index contributed by atoms with van der Waals surface area (Å²) in [6, 6.07) is 5.90. The van der Waals surface area contributed by atoms with E-state index < -0.39 is 0 Å². The molecule has 12 heavy (non-hydrogen) atoms. The minimum atomic E-state index is 0.750. The average Bonchev–Trinajstić information content (AvgIpc) is 2.16. The van der Waals surface area contributed by atoms with Crippen LogP contribution in [-0.2, 0) is 0 Å². The minimum Gasteiger partial charge on any atom is -0.250 e. The van der Waals surface area contributed by atoms with Crippen molar-refractivity contribution in [2.45, 2.75) is 5.03 Å². The molecule has 0 radical (unpaired) electrons. The number of thioether (sulfide) groups is 1. The standard InChI is InChI=1S/C9H11NS2/c1-8(6-11)7-12-9-4-2-3-5-10-9/h2-5,11H,1,6-7H2. The molecule has 64 valence electrons. The summed E-state index contributed by atoms with van der Waals surface area (Å²) in [6.07, 6.45) is 1.80. The summed E-state index contributed by atoms with van der Waals surface area (Å²) in [5.41, 5.74) is 1.13. The van der Waals surface area contributed by atoms with Gasteiger partial charge < -0.3 is 0 Å². The van der Waals surface area contributed by atoms with Crippen molar-refractivity contribution < 1.29 is 0 Å². The van der Waals surface area contributed by atoms with Gasteiger partial charge in [-0.25, -0.2) is 4.98 Å². The van der Waals surface area contributed by atoms with Crippen LogP contribution in [0.15, 0.2) is 41.6 Å². The third-order valence-electron chi connectivity index (χ3n) is 1.29. The molecule has 1 rings (SSSR count). The first-order valence-electron chi connectivity index (χ1n) is 3.64. The average molecular weight is 197 g/mol. The smallest absolute Gasteiger partial charge is 0.0962 e. The highest BCUT2D eigenvalue weighted by atomic mass is 32.2. The molecule has 0 saturated carbocycles. The monoisotopic (exact) mass is 197 g/mol. The fourth-order valence-electron chi connectivity index (χ4n) is 0.654. The second-order valence-corrected chi connectivity index (χ2v) is 3.68. The van der Waals surface area contributed by atoms with Gasteiger partial charge in [-0.05, 0) is 12.1 Å². The number of nitrogens with zero attached hydrogens (tertiary/aromatic N) is 1. The number of hydrogen-bond acceptors (Lipinski definition) is 3.